The van der Waals surface area contributed by atoms with Gasteiger partial charge in [-0.3, -0.25) is 0 Å². The van der Waals surface area contributed by atoms with E-state index >= 15 is 0 Å². The van der Waals surface area contributed by atoms with Crippen LogP contribution in [0.15, 0.2) is 24.3 Å². The molecule has 0 spiro atoms. The fourth-order valence-corrected chi connectivity index (χ4v) is 0.718. The second kappa shape index (κ2) is 4.78. The molecular weight excluding hydrogens is 175 g/mol. The number of hydrogen-bond donors (Lipinski definition) is 1. The molecule has 54 valence electrons. The molecule has 1 rings (SSSR count). The molecule has 0 atom stereocenters. The van der Waals surface area contributed by atoms with Gasteiger partial charge in [-0.15, -0.1) is 0 Å². The number of carboxylic acid groups (broad SMARTS) is 1. The van der Waals surface area contributed by atoms with Crippen LogP contribution in [0.3, 0.4) is 0 Å². The van der Waals surface area contributed by atoms with E-state index in [9.17, 15) is 4.79 Å². The van der Waals surface area contributed by atoms with Gasteiger partial charge in [-0.05, 0) is 24.3 Å². The van der Waals surface area contributed by atoms with Crippen LogP contribution in [-0.4, -0.2) is 40.6 Å². The Labute approximate surface area is 91.5 Å². The zero-order valence-corrected chi connectivity index (χ0v) is 5.80. The summed E-state index contributed by atoms with van der Waals surface area (Å²) in [6, 6.07) is 6.02. The van der Waals surface area contributed by atoms with Crippen molar-refractivity contribution in [2.75, 3.05) is 0 Å². The van der Waals surface area contributed by atoms with Gasteiger partial charge in [0.05, 0.1) is 5.56 Å². The van der Waals surface area contributed by atoms with Gasteiger partial charge in [-0.2, -0.15) is 0 Å². The predicted octanol–water partition coefficient (Wildman–Crippen LogP) is 1.39. The van der Waals surface area contributed by atoms with Crippen LogP contribution in [0, 0.1) is 0 Å². The number of rotatable bonds is 1. The van der Waals surface area contributed by atoms with Gasteiger partial charge in [0.2, 0.25) is 0 Å². The molecule has 1 aromatic carbocycles. The van der Waals surface area contributed by atoms with Crippen LogP contribution in [0.2, 0.25) is 5.02 Å². The molecule has 0 aliphatic rings. The standard InChI is InChI=1S/C7H5ClO2.Na.H/c8-6-3-1-5(2-4-6)7(9)10;;/h1-4H,(H,9,10);;. The summed E-state index contributed by atoms with van der Waals surface area (Å²) in [6.07, 6.45) is 0. The Bertz CT molecular complexity index is 245. The van der Waals surface area contributed by atoms with Crippen LogP contribution in [-0.2, 0) is 0 Å². The summed E-state index contributed by atoms with van der Waals surface area (Å²) in [6.45, 7) is 0. The van der Waals surface area contributed by atoms with Gasteiger partial charge in [0, 0.05) is 5.02 Å². The van der Waals surface area contributed by atoms with Gasteiger partial charge in [-0.1, -0.05) is 11.6 Å². The summed E-state index contributed by atoms with van der Waals surface area (Å²) in [5, 5.41) is 8.98. The zero-order valence-electron chi connectivity index (χ0n) is 5.04. The Morgan fingerprint density at radius 3 is 2.09 bits per heavy atom. The van der Waals surface area contributed by atoms with Gasteiger partial charge in [-0.25, -0.2) is 4.79 Å². The Kier molecular flexibility index (Phi) is 4.77. The SMILES string of the molecule is O=C(O)c1ccc(Cl)cc1.[NaH]. The van der Waals surface area contributed by atoms with Crippen molar-refractivity contribution in [3.8, 4) is 0 Å². The van der Waals surface area contributed by atoms with Gasteiger partial charge in [0.1, 0.15) is 0 Å². The molecule has 1 aromatic rings. The van der Waals surface area contributed by atoms with Crippen molar-refractivity contribution < 1.29 is 9.90 Å². The van der Waals surface area contributed by atoms with Crippen LogP contribution in [0.25, 0.3) is 0 Å². The summed E-state index contributed by atoms with van der Waals surface area (Å²) < 4.78 is 0. The van der Waals surface area contributed by atoms with Crippen molar-refractivity contribution in [3.63, 3.8) is 0 Å². The fourth-order valence-electron chi connectivity index (χ4n) is 0.592. The molecule has 2 nitrogen and oxygen atoms in total. The summed E-state index contributed by atoms with van der Waals surface area (Å²) >= 11 is 5.52. The third-order valence-corrected chi connectivity index (χ3v) is 1.34. The van der Waals surface area contributed by atoms with Gasteiger partial charge in [0.25, 0.3) is 0 Å². The minimum absolute atomic E-state index is 0. The molecule has 0 aliphatic carbocycles. The van der Waals surface area contributed by atoms with E-state index in [4.69, 9.17) is 16.7 Å². The van der Waals surface area contributed by atoms with Gasteiger partial charge >= 0.3 is 35.5 Å². The van der Waals surface area contributed by atoms with Crippen LogP contribution < -0.4 is 0 Å². The summed E-state index contributed by atoms with van der Waals surface area (Å²) in [5.41, 5.74) is 0.254. The third kappa shape index (κ3) is 3.25. The monoisotopic (exact) mass is 180 g/mol. The van der Waals surface area contributed by atoms with E-state index in [2.05, 4.69) is 0 Å². The Hall–Kier alpha value is -0.0200. The van der Waals surface area contributed by atoms with Crippen molar-refractivity contribution in [3.05, 3.63) is 34.9 Å². The molecule has 0 radical (unpaired) electrons. The van der Waals surface area contributed by atoms with E-state index in [-0.39, 0.29) is 35.1 Å². The van der Waals surface area contributed by atoms with E-state index in [0.717, 1.165) is 0 Å². The molecular formula is C7H6ClNaO2. The maximum absolute atomic E-state index is 10.3. The molecule has 0 aromatic heterocycles. The van der Waals surface area contributed by atoms with E-state index in [1.807, 2.05) is 0 Å². The summed E-state index contributed by atoms with van der Waals surface area (Å²) in [7, 11) is 0. The number of carbonyl (C=O) groups is 1. The van der Waals surface area contributed by atoms with Crippen molar-refractivity contribution in [2.24, 2.45) is 0 Å². The second-order valence-corrected chi connectivity index (χ2v) is 2.25. The van der Waals surface area contributed by atoms with Crippen molar-refractivity contribution in [1.29, 1.82) is 0 Å². The Morgan fingerprint density at radius 2 is 1.73 bits per heavy atom. The molecule has 0 saturated heterocycles. The topological polar surface area (TPSA) is 37.3 Å². The average Bonchev–Trinajstić information content (AvgIpc) is 1.88. The number of carboxylic acids is 1. The number of benzene rings is 1. The van der Waals surface area contributed by atoms with E-state index in [1.54, 1.807) is 12.1 Å². The molecule has 0 saturated carbocycles. The van der Waals surface area contributed by atoms with Crippen LogP contribution in [0.1, 0.15) is 10.4 Å². The first-order chi connectivity index (χ1) is 4.70. The van der Waals surface area contributed by atoms with E-state index < -0.39 is 5.97 Å². The third-order valence-electron chi connectivity index (χ3n) is 1.09. The summed E-state index contributed by atoms with van der Waals surface area (Å²) in [5.74, 6) is -0.934. The molecule has 0 aliphatic heterocycles. The second-order valence-electron chi connectivity index (χ2n) is 1.81. The molecule has 0 amide bonds. The van der Waals surface area contributed by atoms with Crippen LogP contribution in [0.5, 0.6) is 0 Å². The zero-order chi connectivity index (χ0) is 7.56. The number of halogens is 1. The normalized spacial score (nSPS) is 8.45. The minimum atomic E-state index is -0.934. The van der Waals surface area contributed by atoms with E-state index in [1.165, 1.54) is 12.1 Å². The Morgan fingerprint density at radius 1 is 1.27 bits per heavy atom. The molecule has 4 heteroatoms. The molecule has 0 fully saturated rings. The van der Waals surface area contributed by atoms with Crippen molar-refractivity contribution >= 4 is 47.1 Å². The number of hydrogen-bond acceptors (Lipinski definition) is 1. The van der Waals surface area contributed by atoms with Crippen LogP contribution in [0.4, 0.5) is 0 Å². The number of aromatic carboxylic acids is 1. The quantitative estimate of drug-likeness (QED) is 0.664. The van der Waals surface area contributed by atoms with Gasteiger partial charge < -0.3 is 5.11 Å². The molecule has 0 heterocycles. The first-order valence-electron chi connectivity index (χ1n) is 2.69. The molecule has 1 N–H and O–H groups in total. The first kappa shape index (κ1) is 11.0. The average molecular weight is 181 g/mol. The van der Waals surface area contributed by atoms with Gasteiger partial charge in [0.15, 0.2) is 0 Å². The van der Waals surface area contributed by atoms with Crippen molar-refractivity contribution in [2.45, 2.75) is 0 Å². The summed E-state index contributed by atoms with van der Waals surface area (Å²) in [4.78, 5) is 10.3. The van der Waals surface area contributed by atoms with Crippen molar-refractivity contribution in [1.82, 2.24) is 0 Å². The maximum atomic E-state index is 10.3. The molecule has 0 bridgehead atoms. The van der Waals surface area contributed by atoms with Crippen LogP contribution >= 0.6 is 11.6 Å². The molecule has 11 heavy (non-hydrogen) atoms. The van der Waals surface area contributed by atoms with E-state index in [0.29, 0.717) is 5.02 Å². The fraction of sp³-hybridized carbons (Fsp3) is 0. The predicted molar refractivity (Wildman–Crippen MR) is 45.6 cm³/mol. The Balaban J connectivity index is 0.000001000. The molecule has 0 unspecified atom stereocenters. The first-order valence-corrected chi connectivity index (χ1v) is 3.07.